The number of nitrogens with zero attached hydrogens (tertiary/aromatic N) is 1. The third-order valence-electron chi connectivity index (χ3n) is 6.57. The molecule has 0 aliphatic heterocycles. The molecule has 0 aromatic carbocycles. The molecule has 20 heavy (non-hydrogen) atoms. The molecule has 2 nitrogen and oxygen atoms in total. The lowest BCUT2D eigenvalue weighted by Crippen LogP contribution is -2.60. The van der Waals surface area contributed by atoms with E-state index < -0.39 is 0 Å². The Balaban J connectivity index is 1.47. The molecule has 0 amide bonds. The van der Waals surface area contributed by atoms with Crippen molar-refractivity contribution in [2.45, 2.75) is 62.4 Å². The van der Waals surface area contributed by atoms with Crippen LogP contribution in [0.3, 0.4) is 0 Å². The lowest BCUT2D eigenvalue weighted by molar-refractivity contribution is -0.0355. The summed E-state index contributed by atoms with van der Waals surface area (Å²) in [5, 5.41) is 3.99. The average Bonchev–Trinajstić information content (AvgIpc) is 3.27. The van der Waals surface area contributed by atoms with Crippen molar-refractivity contribution in [2.75, 3.05) is 0 Å². The zero-order valence-corrected chi connectivity index (χ0v) is 12.1. The summed E-state index contributed by atoms with van der Waals surface area (Å²) in [6.07, 6.45) is 14.1. The molecule has 6 rings (SSSR count). The Morgan fingerprint density at radius 3 is 2.35 bits per heavy atom. The number of pyridine rings is 1. The lowest BCUT2D eigenvalue weighted by Gasteiger charge is -2.60. The highest BCUT2D eigenvalue weighted by molar-refractivity contribution is 5.28. The van der Waals surface area contributed by atoms with Crippen molar-refractivity contribution in [1.82, 2.24) is 10.3 Å². The van der Waals surface area contributed by atoms with E-state index in [4.69, 9.17) is 0 Å². The first-order valence-electron chi connectivity index (χ1n) is 8.49. The van der Waals surface area contributed by atoms with Crippen LogP contribution in [0.1, 0.15) is 50.5 Å². The van der Waals surface area contributed by atoms with Gasteiger partial charge in [-0.15, -0.1) is 0 Å². The van der Waals surface area contributed by atoms with Crippen LogP contribution in [0, 0.1) is 17.8 Å². The second-order valence-electron chi connectivity index (χ2n) is 7.95. The summed E-state index contributed by atoms with van der Waals surface area (Å²) in [7, 11) is 0. The van der Waals surface area contributed by atoms with Gasteiger partial charge in [-0.05, 0) is 85.8 Å². The van der Waals surface area contributed by atoms with Gasteiger partial charge in [0.2, 0.25) is 0 Å². The molecule has 106 valence electrons. The Labute approximate surface area is 121 Å². The van der Waals surface area contributed by atoms with Gasteiger partial charge >= 0.3 is 0 Å². The number of aromatic nitrogens is 1. The molecule has 2 heteroatoms. The van der Waals surface area contributed by atoms with Crippen LogP contribution in [0.4, 0.5) is 0 Å². The van der Waals surface area contributed by atoms with E-state index in [9.17, 15) is 0 Å². The third kappa shape index (κ3) is 1.70. The van der Waals surface area contributed by atoms with Crippen molar-refractivity contribution < 1.29 is 0 Å². The van der Waals surface area contributed by atoms with Crippen LogP contribution in [0.25, 0.3) is 0 Å². The predicted molar refractivity (Wildman–Crippen MR) is 79.4 cm³/mol. The van der Waals surface area contributed by atoms with E-state index in [1.165, 1.54) is 44.9 Å². The number of rotatable bonds is 3. The molecule has 1 N–H and O–H groups in total. The van der Waals surface area contributed by atoms with Gasteiger partial charge in [0.1, 0.15) is 0 Å². The molecule has 0 saturated heterocycles. The van der Waals surface area contributed by atoms with Crippen LogP contribution < -0.4 is 5.32 Å². The van der Waals surface area contributed by atoms with E-state index in [1.54, 1.807) is 5.56 Å². The van der Waals surface area contributed by atoms with Crippen molar-refractivity contribution in [3.63, 3.8) is 0 Å². The van der Waals surface area contributed by atoms with Gasteiger partial charge < -0.3 is 5.32 Å². The van der Waals surface area contributed by atoms with Crippen LogP contribution in [-0.4, -0.2) is 17.1 Å². The van der Waals surface area contributed by atoms with Gasteiger partial charge in [-0.25, -0.2) is 0 Å². The van der Waals surface area contributed by atoms with Gasteiger partial charge in [0.15, 0.2) is 0 Å². The van der Waals surface area contributed by atoms with Crippen LogP contribution in [0.2, 0.25) is 0 Å². The maximum Gasteiger partial charge on any atom is 0.0270 e. The fourth-order valence-corrected chi connectivity index (χ4v) is 5.88. The first-order chi connectivity index (χ1) is 9.82. The van der Waals surface area contributed by atoms with E-state index in [-0.39, 0.29) is 0 Å². The highest BCUT2D eigenvalue weighted by atomic mass is 15.0. The van der Waals surface area contributed by atoms with Gasteiger partial charge in [0.25, 0.3) is 0 Å². The molecule has 5 saturated carbocycles. The zero-order chi connectivity index (χ0) is 13.2. The Bertz CT molecular complexity index is 491. The Kier molecular flexibility index (Phi) is 2.39. The molecular weight excluding hydrogens is 244 g/mol. The van der Waals surface area contributed by atoms with E-state index in [1.807, 2.05) is 12.4 Å². The summed E-state index contributed by atoms with van der Waals surface area (Å²) in [6.45, 7) is 0. The molecule has 2 unspecified atom stereocenters. The molecule has 1 heterocycles. The number of nitrogens with one attached hydrogen (secondary N) is 1. The number of hydrogen-bond donors (Lipinski definition) is 1. The minimum Gasteiger partial charge on any atom is -0.311 e. The van der Waals surface area contributed by atoms with Crippen LogP contribution in [0.15, 0.2) is 24.5 Å². The first kappa shape index (κ1) is 11.7. The smallest absolute Gasteiger partial charge is 0.0270 e. The quantitative estimate of drug-likeness (QED) is 0.910. The largest absolute Gasteiger partial charge is 0.311 e. The van der Waals surface area contributed by atoms with E-state index in [0.717, 1.165) is 29.8 Å². The number of hydrogen-bond acceptors (Lipinski definition) is 2. The van der Waals surface area contributed by atoms with Crippen molar-refractivity contribution >= 4 is 0 Å². The maximum atomic E-state index is 4.22. The molecule has 2 atom stereocenters. The lowest BCUT2D eigenvalue weighted by atomic mass is 9.46. The standard InChI is InChI=1S/C18H24N2/c1-2-16(1)20-17-13-7-12-8-14(17)11-18(9-12,10-13)15-3-5-19-6-4-15/h3-6,12-14,16-17,20H,1-2,7-11H2. The second kappa shape index (κ2) is 4.07. The van der Waals surface area contributed by atoms with Crippen LogP contribution >= 0.6 is 0 Å². The Morgan fingerprint density at radius 2 is 1.70 bits per heavy atom. The van der Waals surface area contributed by atoms with E-state index >= 15 is 0 Å². The van der Waals surface area contributed by atoms with Crippen LogP contribution in [-0.2, 0) is 5.41 Å². The normalized spacial score (nSPS) is 45.8. The highest BCUT2D eigenvalue weighted by Gasteiger charge is 2.56. The van der Waals surface area contributed by atoms with E-state index in [2.05, 4.69) is 22.4 Å². The molecule has 5 aliphatic carbocycles. The van der Waals surface area contributed by atoms with Crippen molar-refractivity contribution in [2.24, 2.45) is 17.8 Å². The summed E-state index contributed by atoms with van der Waals surface area (Å²) in [5.41, 5.74) is 2.08. The third-order valence-corrected chi connectivity index (χ3v) is 6.57. The SMILES string of the molecule is c1cc(C23CC4CC(C2)C(NC2CC2)C(C4)C3)ccn1. The fourth-order valence-electron chi connectivity index (χ4n) is 5.88. The molecule has 0 radical (unpaired) electrons. The second-order valence-corrected chi connectivity index (χ2v) is 7.95. The fraction of sp³-hybridized carbons (Fsp3) is 0.722. The minimum atomic E-state index is 0.501. The van der Waals surface area contributed by atoms with Gasteiger partial charge in [0, 0.05) is 24.5 Å². The zero-order valence-electron chi connectivity index (χ0n) is 12.1. The summed E-state index contributed by atoms with van der Waals surface area (Å²) < 4.78 is 0. The topological polar surface area (TPSA) is 24.9 Å². The molecule has 1 aromatic heterocycles. The Hall–Kier alpha value is -0.890. The van der Waals surface area contributed by atoms with Gasteiger partial charge in [-0.1, -0.05) is 0 Å². The van der Waals surface area contributed by atoms with Gasteiger partial charge in [-0.3, -0.25) is 4.98 Å². The van der Waals surface area contributed by atoms with Crippen molar-refractivity contribution in [3.05, 3.63) is 30.1 Å². The summed E-state index contributed by atoms with van der Waals surface area (Å²) in [4.78, 5) is 4.22. The monoisotopic (exact) mass is 268 g/mol. The maximum absolute atomic E-state index is 4.22. The molecule has 1 aromatic rings. The molecule has 5 fully saturated rings. The highest BCUT2D eigenvalue weighted by Crippen LogP contribution is 2.60. The summed E-state index contributed by atoms with van der Waals surface area (Å²) >= 11 is 0. The van der Waals surface area contributed by atoms with Crippen molar-refractivity contribution in [3.8, 4) is 0 Å². The van der Waals surface area contributed by atoms with E-state index in [0.29, 0.717) is 5.41 Å². The Morgan fingerprint density at radius 1 is 1.00 bits per heavy atom. The molecule has 4 bridgehead atoms. The molecule has 0 spiro atoms. The average molecular weight is 268 g/mol. The van der Waals surface area contributed by atoms with Gasteiger partial charge in [0.05, 0.1) is 0 Å². The summed E-state index contributed by atoms with van der Waals surface area (Å²) in [6, 6.07) is 6.29. The van der Waals surface area contributed by atoms with Crippen LogP contribution in [0.5, 0.6) is 0 Å². The van der Waals surface area contributed by atoms with Gasteiger partial charge in [-0.2, -0.15) is 0 Å². The predicted octanol–water partition coefficient (Wildman–Crippen LogP) is 3.28. The molecular formula is C18H24N2. The first-order valence-corrected chi connectivity index (χ1v) is 8.49. The minimum absolute atomic E-state index is 0.501. The molecule has 5 aliphatic rings. The van der Waals surface area contributed by atoms with Crippen molar-refractivity contribution in [1.29, 1.82) is 0 Å². The summed E-state index contributed by atoms with van der Waals surface area (Å²) in [5.74, 6) is 2.88.